The Kier molecular flexibility index (Phi) is 14.3. The molecule has 0 aliphatic heterocycles. The van der Waals surface area contributed by atoms with Gasteiger partial charge in [-0.1, -0.05) is 218 Å². The summed E-state index contributed by atoms with van der Waals surface area (Å²) in [7, 11) is 0. The van der Waals surface area contributed by atoms with Crippen LogP contribution in [0, 0.1) is 0 Å². The summed E-state index contributed by atoms with van der Waals surface area (Å²) in [6.45, 7) is 0. The van der Waals surface area contributed by atoms with Crippen molar-refractivity contribution >= 4 is 79.4 Å². The average molecular weight is 1000 g/mol. The summed E-state index contributed by atoms with van der Waals surface area (Å²) in [6, 6.07) is 122. The third-order valence-electron chi connectivity index (χ3n) is 14.0. The van der Waals surface area contributed by atoms with E-state index in [1.807, 2.05) is 0 Å². The first kappa shape index (κ1) is 48.5. The van der Waals surface area contributed by atoms with Gasteiger partial charge < -0.3 is 19.6 Å². The summed E-state index contributed by atoms with van der Waals surface area (Å²) in [6.07, 6.45) is 0. The van der Waals surface area contributed by atoms with Crippen LogP contribution in [0.3, 0.4) is 0 Å². The van der Waals surface area contributed by atoms with Crippen LogP contribution in [0.1, 0.15) is 22.3 Å². The van der Waals surface area contributed by atoms with Gasteiger partial charge in [0.2, 0.25) is 0 Å². The predicted molar refractivity (Wildman–Crippen MR) is 330 cm³/mol. The number of hydrogen-bond donors (Lipinski definition) is 0. The minimum Gasteiger partial charge on any atom is -0.310 e. The van der Waals surface area contributed by atoms with E-state index >= 15 is 0 Å². The highest BCUT2D eigenvalue weighted by Crippen LogP contribution is 2.53. The van der Waals surface area contributed by atoms with E-state index in [2.05, 4.69) is 359 Å². The lowest BCUT2D eigenvalue weighted by Crippen LogP contribution is -2.17. The normalized spacial score (nSPS) is 10.8. The van der Waals surface area contributed by atoms with Crippen molar-refractivity contribution in [2.75, 3.05) is 19.6 Å². The number of rotatable bonds is 16. The molecular weight excluding hydrogens is 945 g/mol. The summed E-state index contributed by atoms with van der Waals surface area (Å²) in [5, 5.41) is 0. The minimum absolute atomic E-state index is 1.02. The first-order chi connectivity index (χ1) is 38.8. The highest BCUT2D eigenvalue weighted by Gasteiger charge is 2.31. The number of nitrogens with zero attached hydrogens (tertiary/aromatic N) is 4. The molecule has 12 rings (SSSR count). The van der Waals surface area contributed by atoms with Gasteiger partial charge in [-0.2, -0.15) is 0 Å². The van der Waals surface area contributed by atoms with Crippen molar-refractivity contribution in [3.05, 3.63) is 362 Å². The molecular formula is C74H56N4. The smallest absolute Gasteiger partial charge is 0.0540 e. The largest absolute Gasteiger partial charge is 0.310 e. The Morgan fingerprint density at radius 1 is 0.141 bits per heavy atom. The quantitative estimate of drug-likeness (QED) is 0.0894. The molecule has 0 radical (unpaired) electrons. The third kappa shape index (κ3) is 9.98. The Balaban J connectivity index is 1.29. The molecule has 0 aromatic heterocycles. The van der Waals surface area contributed by atoms with Crippen molar-refractivity contribution in [2.45, 2.75) is 0 Å². The van der Waals surface area contributed by atoms with Crippen molar-refractivity contribution in [1.82, 2.24) is 0 Å². The number of anilines is 12. The van der Waals surface area contributed by atoms with Gasteiger partial charge in [0.1, 0.15) is 0 Å². The fourth-order valence-electron chi connectivity index (χ4n) is 10.7. The second-order valence-corrected chi connectivity index (χ2v) is 18.8. The molecule has 12 aromatic rings. The Morgan fingerprint density at radius 3 is 0.423 bits per heavy atom. The van der Waals surface area contributed by atoms with Gasteiger partial charge in [-0.05, 0) is 121 Å². The summed E-state index contributed by atoms with van der Waals surface area (Å²) >= 11 is 0. The van der Waals surface area contributed by atoms with E-state index in [1.165, 1.54) is 0 Å². The molecule has 0 unspecified atom stereocenters. The maximum Gasteiger partial charge on any atom is 0.0540 e. The molecule has 0 saturated carbocycles. The molecule has 4 nitrogen and oxygen atoms in total. The van der Waals surface area contributed by atoms with Gasteiger partial charge in [-0.3, -0.25) is 0 Å². The highest BCUT2D eigenvalue weighted by atomic mass is 15.2. The van der Waals surface area contributed by atoms with Gasteiger partial charge in [0, 0.05) is 78.9 Å². The van der Waals surface area contributed by atoms with Crippen LogP contribution in [0.5, 0.6) is 0 Å². The second-order valence-electron chi connectivity index (χ2n) is 18.8. The van der Waals surface area contributed by atoms with Crippen LogP contribution >= 0.6 is 0 Å². The van der Waals surface area contributed by atoms with Crippen LogP contribution in [-0.2, 0) is 0 Å². The third-order valence-corrected chi connectivity index (χ3v) is 14.0. The zero-order valence-electron chi connectivity index (χ0n) is 43.1. The molecule has 0 atom stereocenters. The summed E-state index contributed by atoms with van der Waals surface area (Å²) in [5.41, 5.74) is 18.6. The van der Waals surface area contributed by atoms with Gasteiger partial charge in [0.25, 0.3) is 0 Å². The zero-order chi connectivity index (χ0) is 52.3. The van der Waals surface area contributed by atoms with Gasteiger partial charge >= 0.3 is 0 Å². The fourth-order valence-corrected chi connectivity index (χ4v) is 10.7. The molecule has 0 spiro atoms. The number of para-hydroxylation sites is 12. The maximum absolute atomic E-state index is 2.40. The standard InChI is InChI=1S/C74H56N4/c1-9-33-57(34-10-1)75(58-35-11-2-12-36-58)69-53-29-25-49-65(69)73(66-50-26-30-54-70(66)76(59-37-13-3-14-38-59)60-39-15-4-16-40-60)74(67-51-27-31-55-71(67)77(61-41-17-5-18-42-61)62-43-19-6-20-44-62)68-52-28-32-56-72(68)78(63-45-21-7-22-46-63)64-47-23-8-24-48-64/h1-56H. The Bertz CT molecular complexity index is 3220. The summed E-state index contributed by atoms with van der Waals surface area (Å²) in [4.78, 5) is 9.61. The molecule has 0 bridgehead atoms. The van der Waals surface area contributed by atoms with Gasteiger partial charge in [0.15, 0.2) is 0 Å². The van der Waals surface area contributed by atoms with Crippen LogP contribution in [0.2, 0.25) is 0 Å². The first-order valence-corrected chi connectivity index (χ1v) is 26.5. The van der Waals surface area contributed by atoms with E-state index in [0.717, 1.165) is 102 Å². The van der Waals surface area contributed by atoms with Crippen molar-refractivity contribution < 1.29 is 0 Å². The zero-order valence-corrected chi connectivity index (χ0v) is 43.1. The molecule has 12 aromatic carbocycles. The predicted octanol–water partition coefficient (Wildman–Crippen LogP) is 20.6. The SMILES string of the molecule is c1ccc(N(c2ccccc2)c2ccccc2C(=C(c2ccccc2N(c2ccccc2)c2ccccc2)c2ccccc2N(c2ccccc2)c2ccccc2)c2ccccc2N(c2ccccc2)c2ccccc2)cc1. The van der Waals surface area contributed by atoms with Crippen molar-refractivity contribution in [2.24, 2.45) is 0 Å². The van der Waals surface area contributed by atoms with Crippen molar-refractivity contribution in [1.29, 1.82) is 0 Å². The van der Waals surface area contributed by atoms with Gasteiger partial charge in [-0.25, -0.2) is 0 Å². The second kappa shape index (κ2) is 23.0. The molecule has 0 N–H and O–H groups in total. The monoisotopic (exact) mass is 1000 g/mol. The lowest BCUT2D eigenvalue weighted by Gasteiger charge is -2.34. The van der Waals surface area contributed by atoms with Crippen LogP contribution in [-0.4, -0.2) is 0 Å². The van der Waals surface area contributed by atoms with Gasteiger partial charge in [0.05, 0.1) is 22.7 Å². The Hall–Kier alpha value is -10.4. The Morgan fingerprint density at radius 2 is 0.269 bits per heavy atom. The van der Waals surface area contributed by atoms with E-state index in [0.29, 0.717) is 0 Å². The van der Waals surface area contributed by atoms with Crippen LogP contribution in [0.4, 0.5) is 68.2 Å². The highest BCUT2D eigenvalue weighted by molar-refractivity contribution is 6.14. The van der Waals surface area contributed by atoms with E-state index in [-0.39, 0.29) is 0 Å². The van der Waals surface area contributed by atoms with Crippen LogP contribution < -0.4 is 19.6 Å². The summed E-state index contributed by atoms with van der Waals surface area (Å²) in [5.74, 6) is 0. The maximum atomic E-state index is 2.40. The van der Waals surface area contributed by atoms with Gasteiger partial charge in [-0.15, -0.1) is 0 Å². The van der Waals surface area contributed by atoms with E-state index < -0.39 is 0 Å². The van der Waals surface area contributed by atoms with Crippen molar-refractivity contribution in [3.63, 3.8) is 0 Å². The molecule has 372 valence electrons. The first-order valence-electron chi connectivity index (χ1n) is 26.5. The lowest BCUT2D eigenvalue weighted by molar-refractivity contribution is 1.25. The molecule has 0 aliphatic carbocycles. The molecule has 0 saturated heterocycles. The summed E-state index contributed by atoms with van der Waals surface area (Å²) < 4.78 is 0. The molecule has 0 amide bonds. The average Bonchev–Trinajstić information content (AvgIpc) is 3.67. The van der Waals surface area contributed by atoms with Crippen LogP contribution in [0.25, 0.3) is 11.1 Å². The number of hydrogen-bond acceptors (Lipinski definition) is 4. The fraction of sp³-hybridized carbons (Fsp3) is 0. The topological polar surface area (TPSA) is 13.0 Å². The van der Waals surface area contributed by atoms with Crippen molar-refractivity contribution in [3.8, 4) is 0 Å². The molecule has 0 heterocycles. The number of benzene rings is 12. The molecule has 0 aliphatic rings. The van der Waals surface area contributed by atoms with Crippen LogP contribution in [0.15, 0.2) is 340 Å². The van der Waals surface area contributed by atoms with E-state index in [9.17, 15) is 0 Å². The molecule has 4 heteroatoms. The lowest BCUT2D eigenvalue weighted by atomic mass is 9.82. The minimum atomic E-state index is 1.02. The van der Waals surface area contributed by atoms with E-state index in [1.54, 1.807) is 0 Å². The molecule has 78 heavy (non-hydrogen) atoms. The molecule has 0 fully saturated rings. The van der Waals surface area contributed by atoms with E-state index in [4.69, 9.17) is 0 Å². The Labute approximate surface area is 458 Å².